The molecule has 7 nitrogen and oxygen atoms in total. The third-order valence-corrected chi connectivity index (χ3v) is 3.92. The second kappa shape index (κ2) is 7.14. The van der Waals surface area contributed by atoms with Crippen molar-refractivity contribution in [3.8, 4) is 0 Å². The maximum atomic E-state index is 12.0. The third-order valence-electron chi connectivity index (χ3n) is 3.60. The van der Waals surface area contributed by atoms with E-state index in [0.717, 1.165) is 16.5 Å². The van der Waals surface area contributed by atoms with Gasteiger partial charge in [-0.2, -0.15) is 5.10 Å². The van der Waals surface area contributed by atoms with Crippen molar-refractivity contribution in [3.05, 3.63) is 74.9 Å². The van der Waals surface area contributed by atoms with Crippen molar-refractivity contribution in [2.24, 2.45) is 5.10 Å². The summed E-state index contributed by atoms with van der Waals surface area (Å²) in [5, 5.41) is 15.7. The minimum Gasteiger partial charge on any atom is -0.361 e. The van der Waals surface area contributed by atoms with Gasteiger partial charge in [0.25, 0.3) is 5.69 Å². The standard InChI is InChI=1S/C17H13ClN4O3/c18-14-6-5-11(7-16(14)22(24)25)9-20-21-17(23)8-12-10-19-15-4-2-1-3-13(12)15/h1-7,9-10,19H,8H2,(H,21,23)/b20-9-. The number of nitrogens with zero attached hydrogens (tertiary/aromatic N) is 2. The van der Waals surface area contributed by atoms with Crippen LogP contribution in [0, 0.1) is 10.1 Å². The third kappa shape index (κ3) is 3.84. The van der Waals surface area contributed by atoms with E-state index in [1.807, 2.05) is 24.3 Å². The number of amides is 1. The maximum Gasteiger partial charge on any atom is 0.288 e. The summed E-state index contributed by atoms with van der Waals surface area (Å²) >= 11 is 5.74. The molecule has 3 aromatic rings. The monoisotopic (exact) mass is 356 g/mol. The molecule has 3 rings (SSSR count). The summed E-state index contributed by atoms with van der Waals surface area (Å²) in [6, 6.07) is 12.0. The van der Waals surface area contributed by atoms with Gasteiger partial charge in [-0.05, 0) is 17.7 Å². The number of H-pyrrole nitrogens is 1. The molecule has 0 saturated carbocycles. The summed E-state index contributed by atoms with van der Waals surface area (Å²) < 4.78 is 0. The Hall–Kier alpha value is -3.19. The SMILES string of the molecule is O=C(Cc1c[nH]c2ccccc12)N/N=C\c1ccc(Cl)c([N+](=O)[O-])c1. The molecular formula is C17H13ClN4O3. The molecule has 0 saturated heterocycles. The Morgan fingerprint density at radius 2 is 2.12 bits per heavy atom. The number of hydrogen-bond donors (Lipinski definition) is 2. The smallest absolute Gasteiger partial charge is 0.288 e. The fraction of sp³-hybridized carbons (Fsp3) is 0.0588. The number of hydrazone groups is 1. The second-order valence-electron chi connectivity index (χ2n) is 5.30. The van der Waals surface area contributed by atoms with Crippen molar-refractivity contribution in [1.29, 1.82) is 0 Å². The van der Waals surface area contributed by atoms with Crippen LogP contribution in [0.1, 0.15) is 11.1 Å². The molecule has 0 unspecified atom stereocenters. The van der Waals surface area contributed by atoms with E-state index >= 15 is 0 Å². The number of aromatic amines is 1. The zero-order valence-electron chi connectivity index (χ0n) is 12.9. The molecule has 0 radical (unpaired) electrons. The Morgan fingerprint density at radius 1 is 1.32 bits per heavy atom. The van der Waals surface area contributed by atoms with Gasteiger partial charge in [-0.25, -0.2) is 5.43 Å². The quantitative estimate of drug-likeness (QED) is 0.416. The van der Waals surface area contributed by atoms with Gasteiger partial charge in [0.05, 0.1) is 17.6 Å². The molecule has 1 amide bonds. The highest BCUT2D eigenvalue weighted by Crippen LogP contribution is 2.24. The van der Waals surface area contributed by atoms with Crippen LogP contribution in [-0.4, -0.2) is 22.0 Å². The van der Waals surface area contributed by atoms with Crippen molar-refractivity contribution in [2.45, 2.75) is 6.42 Å². The normalized spacial score (nSPS) is 11.1. The van der Waals surface area contributed by atoms with Crippen molar-refractivity contribution < 1.29 is 9.72 Å². The van der Waals surface area contributed by atoms with Crippen LogP contribution in [0.5, 0.6) is 0 Å². The highest BCUT2D eigenvalue weighted by atomic mass is 35.5. The van der Waals surface area contributed by atoms with Gasteiger partial charge in [-0.3, -0.25) is 14.9 Å². The first-order valence-electron chi connectivity index (χ1n) is 7.35. The number of nitro benzene ring substituents is 1. The number of nitrogens with one attached hydrogen (secondary N) is 2. The Balaban J connectivity index is 1.65. The van der Waals surface area contributed by atoms with Crippen LogP contribution >= 0.6 is 11.6 Å². The zero-order valence-corrected chi connectivity index (χ0v) is 13.7. The lowest BCUT2D eigenvalue weighted by atomic mass is 10.1. The molecule has 2 N–H and O–H groups in total. The topological polar surface area (TPSA) is 100 Å². The molecule has 25 heavy (non-hydrogen) atoms. The summed E-state index contributed by atoms with van der Waals surface area (Å²) in [5.41, 5.74) is 4.49. The van der Waals surface area contributed by atoms with Crippen molar-refractivity contribution in [3.63, 3.8) is 0 Å². The first-order chi connectivity index (χ1) is 12.0. The minimum atomic E-state index is -0.574. The van der Waals surface area contributed by atoms with E-state index in [2.05, 4.69) is 15.5 Å². The first kappa shape index (κ1) is 16.7. The van der Waals surface area contributed by atoms with Crippen molar-refractivity contribution >= 4 is 40.3 Å². The molecule has 126 valence electrons. The zero-order chi connectivity index (χ0) is 17.8. The van der Waals surface area contributed by atoms with Gasteiger partial charge < -0.3 is 4.98 Å². The largest absolute Gasteiger partial charge is 0.361 e. The average Bonchev–Trinajstić information content (AvgIpc) is 2.99. The molecule has 0 spiro atoms. The van der Waals surface area contributed by atoms with Crippen LogP contribution < -0.4 is 5.43 Å². The molecule has 0 atom stereocenters. The van der Waals surface area contributed by atoms with Gasteiger partial charge >= 0.3 is 0 Å². The van der Waals surface area contributed by atoms with Crippen LogP contribution in [0.15, 0.2) is 53.8 Å². The van der Waals surface area contributed by atoms with Crippen LogP contribution in [-0.2, 0) is 11.2 Å². The van der Waals surface area contributed by atoms with Gasteiger partial charge in [0.15, 0.2) is 0 Å². The molecule has 0 fully saturated rings. The van der Waals surface area contributed by atoms with Gasteiger partial charge in [0.1, 0.15) is 5.02 Å². The Kier molecular flexibility index (Phi) is 4.76. The molecular weight excluding hydrogens is 344 g/mol. The number of halogens is 1. The number of carbonyl (C=O) groups excluding carboxylic acids is 1. The van der Waals surface area contributed by atoms with E-state index in [1.165, 1.54) is 18.3 Å². The van der Waals surface area contributed by atoms with E-state index in [0.29, 0.717) is 5.56 Å². The molecule has 2 aromatic carbocycles. The summed E-state index contributed by atoms with van der Waals surface area (Å²) in [4.78, 5) is 25.4. The molecule has 0 aliphatic rings. The summed E-state index contributed by atoms with van der Waals surface area (Å²) in [7, 11) is 0. The Bertz CT molecular complexity index is 981. The van der Waals surface area contributed by atoms with E-state index < -0.39 is 4.92 Å². The predicted octanol–water partition coefficient (Wildman–Crippen LogP) is 3.42. The number of hydrogen-bond acceptors (Lipinski definition) is 4. The molecule has 0 aliphatic carbocycles. The lowest BCUT2D eigenvalue weighted by Crippen LogP contribution is -2.19. The fourth-order valence-electron chi connectivity index (χ4n) is 2.42. The number of rotatable bonds is 5. The van der Waals surface area contributed by atoms with Crippen LogP contribution in [0.25, 0.3) is 10.9 Å². The van der Waals surface area contributed by atoms with Crippen LogP contribution in [0.4, 0.5) is 5.69 Å². The maximum absolute atomic E-state index is 12.0. The Labute approximate surface area is 147 Å². The summed E-state index contributed by atoms with van der Waals surface area (Å²) in [6.45, 7) is 0. The lowest BCUT2D eigenvalue weighted by molar-refractivity contribution is -0.384. The van der Waals surface area contributed by atoms with Gasteiger partial charge in [0, 0.05) is 28.7 Å². The van der Waals surface area contributed by atoms with Crippen molar-refractivity contribution in [1.82, 2.24) is 10.4 Å². The lowest BCUT2D eigenvalue weighted by Gasteiger charge is -2.00. The number of fused-ring (bicyclic) bond motifs is 1. The predicted molar refractivity (Wildman–Crippen MR) is 95.8 cm³/mol. The average molecular weight is 357 g/mol. The highest BCUT2D eigenvalue weighted by molar-refractivity contribution is 6.32. The molecule has 1 aromatic heterocycles. The summed E-state index contributed by atoms with van der Waals surface area (Å²) in [6.07, 6.45) is 3.29. The molecule has 1 heterocycles. The van der Waals surface area contributed by atoms with Gasteiger partial charge in [-0.15, -0.1) is 0 Å². The molecule has 8 heteroatoms. The fourth-order valence-corrected chi connectivity index (χ4v) is 2.61. The van der Waals surface area contributed by atoms with E-state index in [9.17, 15) is 14.9 Å². The number of para-hydroxylation sites is 1. The Morgan fingerprint density at radius 3 is 2.92 bits per heavy atom. The van der Waals surface area contributed by atoms with Gasteiger partial charge in [-0.1, -0.05) is 35.9 Å². The second-order valence-corrected chi connectivity index (χ2v) is 5.70. The van der Waals surface area contributed by atoms with Crippen LogP contribution in [0.3, 0.4) is 0 Å². The summed E-state index contributed by atoms with van der Waals surface area (Å²) in [5.74, 6) is -0.288. The van der Waals surface area contributed by atoms with E-state index in [-0.39, 0.29) is 23.0 Å². The first-order valence-corrected chi connectivity index (χ1v) is 7.73. The highest BCUT2D eigenvalue weighted by Gasteiger charge is 2.12. The molecule has 0 bridgehead atoms. The number of carbonyl (C=O) groups is 1. The number of benzene rings is 2. The molecule has 0 aliphatic heterocycles. The van der Waals surface area contributed by atoms with Gasteiger partial charge in [0.2, 0.25) is 5.91 Å². The van der Waals surface area contributed by atoms with E-state index in [1.54, 1.807) is 12.3 Å². The van der Waals surface area contributed by atoms with Crippen molar-refractivity contribution in [2.75, 3.05) is 0 Å². The minimum absolute atomic E-state index is 0.0468. The number of nitro groups is 1. The van der Waals surface area contributed by atoms with E-state index in [4.69, 9.17) is 11.6 Å². The number of aromatic nitrogens is 1. The van der Waals surface area contributed by atoms with Crippen LogP contribution in [0.2, 0.25) is 5.02 Å².